The van der Waals surface area contributed by atoms with Gasteiger partial charge in [-0.25, -0.2) is 0 Å². The van der Waals surface area contributed by atoms with Crippen molar-refractivity contribution in [2.24, 2.45) is 0 Å². The SMILES string of the molecule is [2H]c1c([2H])c([2H])c(N(c2ccccc2)c2cc3c4c(c2)N(c2ccc(C(C)(C)C)cc2)c2c(oc5ccc(C(C)(C)C)cc25)B4c2cc4c(cc2N3c2ccc(C(C)(C)C)cc2)C(C)(C)CCC4(C)C)c([2H])c1[2H]. The van der Waals surface area contributed by atoms with Crippen LogP contribution in [0.1, 0.15) is 138 Å². The highest BCUT2D eigenvalue weighted by Crippen LogP contribution is 2.53. The number of hydrogen-bond donors (Lipinski definition) is 0. The minimum absolute atomic E-state index is 0.0717. The fraction of sp³-hybridized carbons (Fsp3) is 0.312. The van der Waals surface area contributed by atoms with Crippen LogP contribution in [0.4, 0.5) is 51.2 Å². The van der Waals surface area contributed by atoms with Crippen molar-refractivity contribution in [1.29, 1.82) is 0 Å². The molecule has 0 bridgehead atoms. The molecule has 0 unspecified atom stereocenters. The van der Waals surface area contributed by atoms with Gasteiger partial charge in [-0.3, -0.25) is 0 Å². The van der Waals surface area contributed by atoms with E-state index in [0.29, 0.717) is 11.4 Å². The first-order valence-corrected chi connectivity index (χ1v) is 24.8. The van der Waals surface area contributed by atoms with Crippen LogP contribution in [0.15, 0.2) is 156 Å². The van der Waals surface area contributed by atoms with Gasteiger partial charge < -0.3 is 19.1 Å². The first-order valence-electron chi connectivity index (χ1n) is 27.3. The minimum Gasteiger partial charge on any atom is -0.468 e. The van der Waals surface area contributed by atoms with Crippen molar-refractivity contribution in [3.8, 4) is 0 Å². The zero-order valence-electron chi connectivity index (χ0n) is 47.8. The summed E-state index contributed by atoms with van der Waals surface area (Å²) in [7, 11) is 0. The molecule has 69 heavy (non-hydrogen) atoms. The van der Waals surface area contributed by atoms with Crippen LogP contribution in [0, 0.1) is 0 Å². The van der Waals surface area contributed by atoms with E-state index in [2.05, 4.69) is 191 Å². The molecule has 0 N–H and O–H groups in total. The predicted octanol–water partition coefficient (Wildman–Crippen LogP) is 16.2. The third-order valence-corrected chi connectivity index (χ3v) is 15.4. The molecule has 11 rings (SSSR count). The highest BCUT2D eigenvalue weighted by molar-refractivity contribution is 7.00. The molecule has 0 atom stereocenters. The smallest absolute Gasteiger partial charge is 0.297 e. The molecule has 0 saturated heterocycles. The Morgan fingerprint density at radius 3 is 1.62 bits per heavy atom. The van der Waals surface area contributed by atoms with E-state index in [-0.39, 0.29) is 51.6 Å². The second kappa shape index (κ2) is 15.5. The van der Waals surface area contributed by atoms with Crippen LogP contribution >= 0.6 is 0 Å². The monoisotopic (exact) mass is 911 g/mol. The van der Waals surface area contributed by atoms with Gasteiger partial charge in [0.2, 0.25) is 0 Å². The predicted molar refractivity (Wildman–Crippen MR) is 296 cm³/mol. The van der Waals surface area contributed by atoms with Gasteiger partial charge in [-0.05, 0) is 157 Å². The molecule has 0 spiro atoms. The maximum absolute atomic E-state index is 9.53. The molecule has 7 aromatic carbocycles. The molecule has 3 aliphatic rings. The van der Waals surface area contributed by atoms with E-state index in [9.17, 15) is 2.74 Å². The molecule has 8 aromatic rings. The van der Waals surface area contributed by atoms with Crippen molar-refractivity contribution < 1.29 is 11.3 Å². The zero-order valence-corrected chi connectivity index (χ0v) is 42.8. The molecule has 5 heteroatoms. The van der Waals surface area contributed by atoms with Crippen molar-refractivity contribution in [3.05, 3.63) is 179 Å². The molecule has 0 saturated carbocycles. The number of anilines is 9. The lowest BCUT2D eigenvalue weighted by Gasteiger charge is -2.47. The van der Waals surface area contributed by atoms with E-state index in [1.165, 1.54) is 33.3 Å². The Labute approximate surface area is 419 Å². The summed E-state index contributed by atoms with van der Waals surface area (Å²) in [6.07, 6.45) is 2.12. The number of rotatable bonds is 5. The maximum atomic E-state index is 9.53. The van der Waals surface area contributed by atoms with Crippen LogP contribution in [0.3, 0.4) is 0 Å². The molecule has 0 fully saturated rings. The first-order chi connectivity index (χ1) is 34.7. The van der Waals surface area contributed by atoms with E-state index in [1.807, 2.05) is 35.2 Å². The summed E-state index contributed by atoms with van der Waals surface area (Å²) in [4.78, 5) is 6.67. The van der Waals surface area contributed by atoms with Gasteiger partial charge >= 0.3 is 0 Å². The van der Waals surface area contributed by atoms with Crippen molar-refractivity contribution in [1.82, 2.24) is 0 Å². The van der Waals surface area contributed by atoms with Gasteiger partial charge in [0.1, 0.15) is 5.58 Å². The summed E-state index contributed by atoms with van der Waals surface area (Å²) in [5, 5.41) is 1.01. The van der Waals surface area contributed by atoms with Crippen LogP contribution in [-0.4, -0.2) is 6.71 Å². The zero-order chi connectivity index (χ0) is 52.9. The largest absolute Gasteiger partial charge is 0.468 e. The molecule has 4 nitrogen and oxygen atoms in total. The van der Waals surface area contributed by atoms with Crippen LogP contribution in [0.5, 0.6) is 0 Å². The second-order valence-electron chi connectivity index (χ2n) is 24.2. The Kier molecular flexibility index (Phi) is 8.86. The van der Waals surface area contributed by atoms with E-state index >= 15 is 0 Å². The average Bonchev–Trinajstić information content (AvgIpc) is 3.73. The third-order valence-electron chi connectivity index (χ3n) is 15.4. The second-order valence-corrected chi connectivity index (χ2v) is 24.2. The number of para-hydroxylation sites is 2. The third kappa shape index (κ3) is 7.42. The lowest BCUT2D eigenvalue weighted by molar-refractivity contribution is 0.332. The van der Waals surface area contributed by atoms with Crippen LogP contribution in [0.2, 0.25) is 0 Å². The summed E-state index contributed by atoms with van der Waals surface area (Å²) in [6, 6.07) is 41.8. The summed E-state index contributed by atoms with van der Waals surface area (Å²) >= 11 is 0. The highest BCUT2D eigenvalue weighted by atomic mass is 16.3. The lowest BCUT2D eigenvalue weighted by Crippen LogP contribution is -2.61. The molecule has 1 aliphatic carbocycles. The molecule has 348 valence electrons. The van der Waals surface area contributed by atoms with Gasteiger partial charge in [-0.1, -0.05) is 163 Å². The van der Waals surface area contributed by atoms with E-state index < -0.39 is 18.1 Å². The van der Waals surface area contributed by atoms with Gasteiger partial charge in [0.25, 0.3) is 6.71 Å². The van der Waals surface area contributed by atoms with Gasteiger partial charge in [0.15, 0.2) is 0 Å². The summed E-state index contributed by atoms with van der Waals surface area (Å²) in [5.74, 6) is 0. The fourth-order valence-electron chi connectivity index (χ4n) is 11.2. The maximum Gasteiger partial charge on any atom is 0.297 e. The number of nitrogens with zero attached hydrogens (tertiary/aromatic N) is 3. The Morgan fingerprint density at radius 2 is 1.06 bits per heavy atom. The van der Waals surface area contributed by atoms with Gasteiger partial charge in [-0.2, -0.15) is 0 Å². The lowest BCUT2D eigenvalue weighted by atomic mass is 9.35. The normalized spacial score (nSPS) is 16.9. The van der Waals surface area contributed by atoms with E-state index in [4.69, 9.17) is 8.53 Å². The molecule has 0 radical (unpaired) electrons. The van der Waals surface area contributed by atoms with Gasteiger partial charge in [0, 0.05) is 45.2 Å². The van der Waals surface area contributed by atoms with Crippen molar-refractivity contribution >= 4 is 85.5 Å². The number of furan rings is 1. The Balaban J connectivity index is 1.34. The molecular formula is C64H68BN3O. The Bertz CT molecular complexity index is 3550. The topological polar surface area (TPSA) is 22.9 Å². The van der Waals surface area contributed by atoms with Gasteiger partial charge in [-0.15, -0.1) is 0 Å². The summed E-state index contributed by atoms with van der Waals surface area (Å²) in [6.45, 7) is 29.4. The van der Waals surface area contributed by atoms with Gasteiger partial charge in [0.05, 0.1) is 23.9 Å². The quantitative estimate of drug-likeness (QED) is 0.161. The Hall–Kier alpha value is -6.46. The molecule has 1 aromatic heterocycles. The average molecular weight is 911 g/mol. The number of hydrogen-bond acceptors (Lipinski definition) is 4. The molecule has 2 aliphatic heterocycles. The van der Waals surface area contributed by atoms with Crippen molar-refractivity contribution in [2.45, 2.75) is 130 Å². The van der Waals surface area contributed by atoms with Crippen molar-refractivity contribution in [2.75, 3.05) is 14.7 Å². The van der Waals surface area contributed by atoms with Crippen LogP contribution in [0.25, 0.3) is 11.0 Å². The van der Waals surface area contributed by atoms with Crippen LogP contribution in [-0.2, 0) is 27.1 Å². The minimum atomic E-state index is -0.435. The molecule has 3 heterocycles. The summed E-state index contributed by atoms with van der Waals surface area (Å²) in [5.41, 5.74) is 16.9. The molecule has 0 amide bonds. The first kappa shape index (κ1) is 39.4. The van der Waals surface area contributed by atoms with Crippen molar-refractivity contribution in [3.63, 3.8) is 0 Å². The fourth-order valence-corrected chi connectivity index (χ4v) is 11.2. The molecular weight excluding hydrogens is 838 g/mol. The number of benzene rings is 7. The number of fused-ring (bicyclic) bond motifs is 7. The summed E-state index contributed by atoms with van der Waals surface area (Å²) < 4.78 is 53.1. The van der Waals surface area contributed by atoms with E-state index in [0.717, 1.165) is 69.1 Å². The highest BCUT2D eigenvalue weighted by Gasteiger charge is 2.49. The Morgan fingerprint density at radius 1 is 0.536 bits per heavy atom. The van der Waals surface area contributed by atoms with Crippen LogP contribution < -0.4 is 31.3 Å². The van der Waals surface area contributed by atoms with E-state index in [1.54, 1.807) is 0 Å². The standard InChI is InChI=1S/C64H68BN3O/c1-60(2,3)41-24-29-46(30-25-41)67-53-40-51-50(63(10,11)34-35-64(51,12)13)39-52(53)65-57-54(67)37-48(66(44-20-16-14-17-21-44)45-22-18-15-19-23-45)38-55(57)68(47-31-26-42(27-32-47)61(4,5)6)58-49-36-43(62(7,8)9)28-33-56(49)69-59(58)65/h14-33,36-40H,34-35H2,1-13H3/i14D,16D,17D,20D,21D.